The molecular formula is C18H26ClN5O2. The van der Waals surface area contributed by atoms with Crippen LogP contribution in [-0.4, -0.2) is 58.6 Å². The second-order valence-corrected chi connectivity index (χ2v) is 6.45. The number of halogens is 1. The number of nitrogens with zero attached hydrogens (tertiary/aromatic N) is 4. The number of amides is 1. The van der Waals surface area contributed by atoms with E-state index in [4.69, 9.17) is 10.3 Å². The molecule has 1 aromatic heterocycles. The van der Waals surface area contributed by atoms with Gasteiger partial charge in [0.15, 0.2) is 0 Å². The van der Waals surface area contributed by atoms with Crippen LogP contribution in [-0.2, 0) is 4.79 Å². The van der Waals surface area contributed by atoms with Gasteiger partial charge in [0.1, 0.15) is 0 Å². The Labute approximate surface area is 159 Å². The molecule has 26 heavy (non-hydrogen) atoms. The highest BCUT2D eigenvalue weighted by molar-refractivity contribution is 5.85. The van der Waals surface area contributed by atoms with E-state index in [1.807, 2.05) is 36.1 Å². The molecule has 2 heterocycles. The summed E-state index contributed by atoms with van der Waals surface area (Å²) in [5.74, 6) is 1.35. The number of carbonyl (C=O) groups excluding carboxylic acids is 1. The summed E-state index contributed by atoms with van der Waals surface area (Å²) in [7, 11) is 0. The highest BCUT2D eigenvalue weighted by Gasteiger charge is 2.27. The van der Waals surface area contributed by atoms with E-state index in [0.29, 0.717) is 37.8 Å². The first kappa shape index (κ1) is 20.4. The third-order valence-electron chi connectivity index (χ3n) is 4.68. The van der Waals surface area contributed by atoms with Crippen molar-refractivity contribution in [3.05, 3.63) is 35.7 Å². The van der Waals surface area contributed by atoms with Crippen LogP contribution in [0, 0.1) is 6.92 Å². The van der Waals surface area contributed by atoms with Crippen molar-refractivity contribution in [3.63, 3.8) is 0 Å². The van der Waals surface area contributed by atoms with Crippen LogP contribution in [0.25, 0.3) is 11.4 Å². The largest absolute Gasteiger partial charge is 0.340 e. The van der Waals surface area contributed by atoms with Crippen LogP contribution in [0.1, 0.15) is 30.8 Å². The summed E-state index contributed by atoms with van der Waals surface area (Å²) >= 11 is 0. The second-order valence-electron chi connectivity index (χ2n) is 6.45. The van der Waals surface area contributed by atoms with Crippen LogP contribution in [0.2, 0.25) is 0 Å². The lowest BCUT2D eigenvalue weighted by atomic mass is 10.1. The van der Waals surface area contributed by atoms with Crippen LogP contribution >= 0.6 is 12.4 Å². The third kappa shape index (κ3) is 4.60. The van der Waals surface area contributed by atoms with Gasteiger partial charge >= 0.3 is 0 Å². The minimum absolute atomic E-state index is 0. The zero-order valence-electron chi connectivity index (χ0n) is 15.2. The van der Waals surface area contributed by atoms with Gasteiger partial charge in [-0.1, -0.05) is 35.0 Å². The normalized spacial score (nSPS) is 16.2. The van der Waals surface area contributed by atoms with E-state index < -0.39 is 0 Å². The lowest BCUT2D eigenvalue weighted by Gasteiger charge is -2.36. The summed E-state index contributed by atoms with van der Waals surface area (Å²) in [6.07, 6.45) is 0.416. The topological polar surface area (TPSA) is 88.5 Å². The molecule has 0 saturated carbocycles. The standard InChI is InChI=1S/C18H25N5O2.ClH/c1-13-3-5-15(6-4-13)17-20-18(25-21-17)14(2)22-9-11-23(12-10-22)16(24)7-8-19;/h3-6,14H,7-12,19H2,1-2H3;1H. The van der Waals surface area contributed by atoms with E-state index in [1.165, 1.54) is 5.56 Å². The van der Waals surface area contributed by atoms with Crippen molar-refractivity contribution >= 4 is 18.3 Å². The van der Waals surface area contributed by atoms with Gasteiger partial charge in [-0.3, -0.25) is 9.69 Å². The van der Waals surface area contributed by atoms with E-state index >= 15 is 0 Å². The number of rotatable bonds is 5. The Morgan fingerprint density at radius 3 is 2.50 bits per heavy atom. The summed E-state index contributed by atoms with van der Waals surface area (Å²) in [6, 6.07) is 8.09. The van der Waals surface area contributed by atoms with Crippen LogP contribution in [0.5, 0.6) is 0 Å². The average Bonchev–Trinajstić information content (AvgIpc) is 3.12. The van der Waals surface area contributed by atoms with Gasteiger partial charge in [-0.2, -0.15) is 4.98 Å². The number of aryl methyl sites for hydroxylation is 1. The van der Waals surface area contributed by atoms with Crippen LogP contribution < -0.4 is 5.73 Å². The zero-order chi connectivity index (χ0) is 17.8. The van der Waals surface area contributed by atoms with Gasteiger partial charge in [0.25, 0.3) is 0 Å². The monoisotopic (exact) mass is 379 g/mol. The maximum Gasteiger partial charge on any atom is 0.244 e. The molecule has 0 bridgehead atoms. The Balaban J connectivity index is 0.00000243. The number of aromatic nitrogens is 2. The Morgan fingerprint density at radius 2 is 1.88 bits per heavy atom. The summed E-state index contributed by atoms with van der Waals surface area (Å²) in [6.45, 7) is 7.51. The van der Waals surface area contributed by atoms with E-state index in [1.54, 1.807) is 0 Å². The van der Waals surface area contributed by atoms with E-state index in [2.05, 4.69) is 22.0 Å². The molecule has 1 atom stereocenters. The quantitative estimate of drug-likeness (QED) is 0.854. The van der Waals surface area contributed by atoms with Gasteiger partial charge in [-0.25, -0.2) is 0 Å². The highest BCUT2D eigenvalue weighted by atomic mass is 35.5. The molecule has 2 aromatic rings. The molecule has 0 spiro atoms. The maximum atomic E-state index is 11.9. The van der Waals surface area contributed by atoms with Crippen molar-refractivity contribution in [1.82, 2.24) is 19.9 Å². The fraction of sp³-hybridized carbons (Fsp3) is 0.500. The molecule has 7 nitrogen and oxygen atoms in total. The SMILES string of the molecule is Cc1ccc(-c2noc(C(C)N3CCN(C(=O)CCN)CC3)n2)cc1.Cl. The minimum atomic E-state index is 0. The molecule has 1 fully saturated rings. The Bertz CT molecular complexity index is 711. The lowest BCUT2D eigenvalue weighted by Crippen LogP contribution is -2.49. The molecular weight excluding hydrogens is 354 g/mol. The Hall–Kier alpha value is -1.96. The van der Waals surface area contributed by atoms with Crippen LogP contribution in [0.15, 0.2) is 28.8 Å². The molecule has 8 heteroatoms. The number of hydrogen-bond acceptors (Lipinski definition) is 6. The molecule has 1 aromatic carbocycles. The van der Waals surface area contributed by atoms with Gasteiger partial charge < -0.3 is 15.2 Å². The molecule has 0 radical (unpaired) electrons. The maximum absolute atomic E-state index is 11.9. The second kappa shape index (κ2) is 9.12. The zero-order valence-corrected chi connectivity index (χ0v) is 16.0. The van der Waals surface area contributed by atoms with Crippen molar-refractivity contribution in [3.8, 4) is 11.4 Å². The fourth-order valence-electron chi connectivity index (χ4n) is 3.02. The molecule has 2 N–H and O–H groups in total. The van der Waals surface area contributed by atoms with Gasteiger partial charge in [0, 0.05) is 44.7 Å². The van der Waals surface area contributed by atoms with Crippen molar-refractivity contribution in [2.75, 3.05) is 32.7 Å². The number of benzene rings is 1. The summed E-state index contributed by atoms with van der Waals surface area (Å²) in [5.41, 5.74) is 7.61. The Morgan fingerprint density at radius 1 is 1.23 bits per heavy atom. The molecule has 1 saturated heterocycles. The molecule has 3 rings (SSSR count). The molecule has 0 aliphatic carbocycles. The van der Waals surface area contributed by atoms with E-state index in [0.717, 1.165) is 18.7 Å². The first-order valence-corrected chi connectivity index (χ1v) is 8.71. The Kier molecular flexibility index (Phi) is 7.14. The minimum Gasteiger partial charge on any atom is -0.340 e. The molecule has 1 amide bonds. The lowest BCUT2D eigenvalue weighted by molar-refractivity contribution is -0.133. The predicted octanol–water partition coefficient (Wildman–Crippen LogP) is 2.02. The molecule has 1 aliphatic rings. The molecule has 1 aliphatic heterocycles. The van der Waals surface area contributed by atoms with Crippen molar-refractivity contribution < 1.29 is 9.32 Å². The smallest absolute Gasteiger partial charge is 0.244 e. The number of piperazine rings is 1. The molecule has 142 valence electrons. The van der Waals surface area contributed by atoms with Crippen molar-refractivity contribution in [1.29, 1.82) is 0 Å². The van der Waals surface area contributed by atoms with Crippen LogP contribution in [0.4, 0.5) is 0 Å². The van der Waals surface area contributed by atoms with Gasteiger partial charge in [0.2, 0.25) is 17.6 Å². The van der Waals surface area contributed by atoms with Crippen molar-refractivity contribution in [2.45, 2.75) is 26.3 Å². The predicted molar refractivity (Wildman–Crippen MR) is 102 cm³/mol. The number of nitrogens with two attached hydrogens (primary N) is 1. The van der Waals surface area contributed by atoms with E-state index in [-0.39, 0.29) is 24.4 Å². The fourth-order valence-corrected chi connectivity index (χ4v) is 3.02. The first-order chi connectivity index (χ1) is 12.1. The van der Waals surface area contributed by atoms with E-state index in [9.17, 15) is 4.79 Å². The van der Waals surface area contributed by atoms with Crippen molar-refractivity contribution in [2.24, 2.45) is 5.73 Å². The molecule has 1 unspecified atom stereocenters. The first-order valence-electron chi connectivity index (χ1n) is 8.71. The summed E-state index contributed by atoms with van der Waals surface area (Å²) in [4.78, 5) is 20.6. The average molecular weight is 380 g/mol. The highest BCUT2D eigenvalue weighted by Crippen LogP contribution is 2.23. The van der Waals surface area contributed by atoms with Gasteiger partial charge in [-0.15, -0.1) is 12.4 Å². The number of hydrogen-bond donors (Lipinski definition) is 1. The third-order valence-corrected chi connectivity index (χ3v) is 4.68. The summed E-state index contributed by atoms with van der Waals surface area (Å²) in [5, 5.41) is 4.11. The van der Waals surface area contributed by atoms with Crippen LogP contribution in [0.3, 0.4) is 0 Å². The van der Waals surface area contributed by atoms with Gasteiger partial charge in [0.05, 0.1) is 6.04 Å². The summed E-state index contributed by atoms with van der Waals surface area (Å²) < 4.78 is 5.48. The van der Waals surface area contributed by atoms with Gasteiger partial charge in [-0.05, 0) is 13.8 Å². The number of carbonyl (C=O) groups is 1.